The van der Waals surface area contributed by atoms with Gasteiger partial charge in [0.25, 0.3) is 5.19 Å². The second kappa shape index (κ2) is 5.75. The van der Waals surface area contributed by atoms with Crippen molar-refractivity contribution in [3.8, 4) is 10.9 Å². The van der Waals surface area contributed by atoms with Crippen LogP contribution in [0.3, 0.4) is 0 Å². The molecule has 0 aliphatic carbocycles. The number of hydrogen-bond acceptors (Lipinski definition) is 6. The summed E-state index contributed by atoms with van der Waals surface area (Å²) in [4.78, 5) is 11.4. The Balaban J connectivity index is 2.15. The summed E-state index contributed by atoms with van der Waals surface area (Å²) in [5, 5.41) is 7.63. The Hall–Kier alpha value is -2.02. The van der Waals surface area contributed by atoms with Gasteiger partial charge in [-0.25, -0.2) is 9.18 Å². The lowest BCUT2D eigenvalue weighted by molar-refractivity contribution is 0.0525. The lowest BCUT2D eigenvalue weighted by Gasteiger charge is -2.04. The highest BCUT2D eigenvalue weighted by Crippen LogP contribution is 2.28. The minimum atomic E-state index is -0.550. The van der Waals surface area contributed by atoms with E-state index in [2.05, 4.69) is 10.2 Å². The molecular formula is C12H11FN2O3S. The van der Waals surface area contributed by atoms with Gasteiger partial charge >= 0.3 is 5.97 Å². The quantitative estimate of drug-likeness (QED) is 0.807. The number of aromatic nitrogens is 2. The first-order valence-corrected chi connectivity index (χ1v) is 6.36. The lowest BCUT2D eigenvalue weighted by Crippen LogP contribution is -2.03. The minimum Gasteiger partial charge on any atom is -0.461 e. The van der Waals surface area contributed by atoms with Crippen LogP contribution in [0.1, 0.15) is 22.3 Å². The third kappa shape index (κ3) is 3.25. The summed E-state index contributed by atoms with van der Waals surface area (Å²) in [5.74, 6) is -0.617. The molecule has 100 valence electrons. The Bertz CT molecular complexity index is 600. The number of rotatable bonds is 4. The summed E-state index contributed by atoms with van der Waals surface area (Å²) in [5.41, 5.74) is 0.759. The van der Waals surface area contributed by atoms with Crippen LogP contribution in [-0.4, -0.2) is 22.8 Å². The van der Waals surface area contributed by atoms with Crippen molar-refractivity contribution in [1.82, 2.24) is 10.2 Å². The van der Waals surface area contributed by atoms with Crippen molar-refractivity contribution in [3.63, 3.8) is 0 Å². The Kier molecular flexibility index (Phi) is 4.06. The van der Waals surface area contributed by atoms with E-state index < -0.39 is 11.8 Å². The molecule has 1 aromatic carbocycles. The van der Waals surface area contributed by atoms with E-state index in [0.29, 0.717) is 5.75 Å². The Morgan fingerprint density at radius 3 is 2.95 bits per heavy atom. The number of benzene rings is 1. The first-order valence-electron chi connectivity index (χ1n) is 5.54. The van der Waals surface area contributed by atoms with Crippen LogP contribution in [0.25, 0.3) is 0 Å². The number of esters is 1. The van der Waals surface area contributed by atoms with Gasteiger partial charge in [-0.05, 0) is 36.8 Å². The zero-order valence-electron chi connectivity index (χ0n) is 10.3. The molecule has 0 saturated carbocycles. The van der Waals surface area contributed by atoms with Gasteiger partial charge in [-0.3, -0.25) is 0 Å². The van der Waals surface area contributed by atoms with E-state index in [1.807, 2.05) is 0 Å². The van der Waals surface area contributed by atoms with Crippen LogP contribution in [0.2, 0.25) is 0 Å². The van der Waals surface area contributed by atoms with Crippen LogP contribution in [0.15, 0.2) is 18.2 Å². The molecule has 0 atom stereocenters. The molecule has 2 rings (SSSR count). The first-order chi connectivity index (χ1) is 9.10. The maximum atomic E-state index is 13.1. The van der Waals surface area contributed by atoms with E-state index >= 15 is 0 Å². The summed E-state index contributed by atoms with van der Waals surface area (Å²) in [6.45, 7) is 3.74. The Morgan fingerprint density at radius 1 is 1.42 bits per heavy atom. The molecule has 0 N–H and O–H groups in total. The van der Waals surface area contributed by atoms with Crippen LogP contribution < -0.4 is 4.74 Å². The molecule has 19 heavy (non-hydrogen) atoms. The summed E-state index contributed by atoms with van der Waals surface area (Å²) in [6, 6.07) is 4.19. The molecule has 0 spiro atoms. The van der Waals surface area contributed by atoms with Gasteiger partial charge in [0.05, 0.1) is 6.61 Å². The van der Waals surface area contributed by atoms with Gasteiger partial charge in [0, 0.05) is 6.07 Å². The molecule has 0 fully saturated rings. The molecule has 0 unspecified atom stereocenters. The predicted molar refractivity (Wildman–Crippen MR) is 67.1 cm³/mol. The minimum absolute atomic E-state index is 0.103. The smallest absolute Gasteiger partial charge is 0.369 e. The Morgan fingerprint density at radius 2 is 2.21 bits per heavy atom. The number of aryl methyl sites for hydroxylation is 1. The van der Waals surface area contributed by atoms with Gasteiger partial charge in [-0.2, -0.15) is 0 Å². The topological polar surface area (TPSA) is 61.3 Å². The number of carbonyl (C=O) groups is 1. The first kappa shape index (κ1) is 13.4. The molecular weight excluding hydrogens is 271 g/mol. The second-order valence-corrected chi connectivity index (χ2v) is 4.55. The average molecular weight is 282 g/mol. The third-order valence-corrected chi connectivity index (χ3v) is 2.99. The molecule has 0 radical (unpaired) electrons. The number of ether oxygens (including phenoxy) is 2. The van der Waals surface area contributed by atoms with Crippen molar-refractivity contribution < 1.29 is 18.7 Å². The second-order valence-electron chi connectivity index (χ2n) is 3.61. The molecule has 0 aliphatic heterocycles. The zero-order valence-corrected chi connectivity index (χ0v) is 11.2. The number of nitrogens with zero attached hydrogens (tertiary/aromatic N) is 2. The fourth-order valence-corrected chi connectivity index (χ4v) is 1.91. The van der Waals surface area contributed by atoms with Crippen molar-refractivity contribution in [1.29, 1.82) is 0 Å². The third-order valence-electron chi connectivity index (χ3n) is 2.20. The molecule has 2 aromatic rings. The van der Waals surface area contributed by atoms with Crippen molar-refractivity contribution in [2.75, 3.05) is 6.61 Å². The van der Waals surface area contributed by atoms with Crippen molar-refractivity contribution in [2.45, 2.75) is 13.8 Å². The van der Waals surface area contributed by atoms with Gasteiger partial charge in [-0.1, -0.05) is 11.2 Å². The van der Waals surface area contributed by atoms with Gasteiger partial charge in [-0.15, -0.1) is 5.10 Å². The molecule has 0 saturated heterocycles. The fourth-order valence-electron chi connectivity index (χ4n) is 1.30. The van der Waals surface area contributed by atoms with Gasteiger partial charge in [0.1, 0.15) is 11.6 Å². The van der Waals surface area contributed by atoms with Crippen LogP contribution in [0.5, 0.6) is 10.9 Å². The number of carbonyl (C=O) groups excluding carboxylic acids is 1. The monoisotopic (exact) mass is 282 g/mol. The average Bonchev–Trinajstić information content (AvgIpc) is 2.83. The highest BCUT2D eigenvalue weighted by molar-refractivity contribution is 7.14. The van der Waals surface area contributed by atoms with Crippen LogP contribution in [-0.2, 0) is 4.74 Å². The van der Waals surface area contributed by atoms with Crippen molar-refractivity contribution >= 4 is 17.3 Å². The molecule has 0 amide bonds. The maximum Gasteiger partial charge on any atom is 0.369 e. The van der Waals surface area contributed by atoms with Gasteiger partial charge in [0.2, 0.25) is 5.01 Å². The van der Waals surface area contributed by atoms with E-state index in [-0.39, 0.29) is 16.8 Å². The maximum absolute atomic E-state index is 13.1. The molecule has 1 aromatic heterocycles. The molecule has 7 heteroatoms. The van der Waals surface area contributed by atoms with Gasteiger partial charge in [0.15, 0.2) is 0 Å². The molecule has 5 nitrogen and oxygen atoms in total. The van der Waals surface area contributed by atoms with E-state index in [1.165, 1.54) is 12.1 Å². The normalized spacial score (nSPS) is 10.3. The summed E-state index contributed by atoms with van der Waals surface area (Å²) >= 11 is 0.949. The zero-order chi connectivity index (χ0) is 13.8. The van der Waals surface area contributed by atoms with Crippen LogP contribution >= 0.6 is 11.3 Å². The van der Waals surface area contributed by atoms with Gasteiger partial charge < -0.3 is 9.47 Å². The lowest BCUT2D eigenvalue weighted by atomic mass is 10.2. The molecule has 0 bridgehead atoms. The highest BCUT2D eigenvalue weighted by Gasteiger charge is 2.15. The highest BCUT2D eigenvalue weighted by atomic mass is 32.1. The summed E-state index contributed by atoms with van der Waals surface area (Å²) in [6.07, 6.45) is 0. The van der Waals surface area contributed by atoms with E-state index in [0.717, 1.165) is 16.9 Å². The number of halogens is 1. The van der Waals surface area contributed by atoms with Crippen LogP contribution in [0, 0.1) is 12.7 Å². The predicted octanol–water partition coefficient (Wildman–Crippen LogP) is 2.95. The van der Waals surface area contributed by atoms with Crippen LogP contribution in [0.4, 0.5) is 4.39 Å². The van der Waals surface area contributed by atoms with E-state index in [1.54, 1.807) is 19.9 Å². The summed E-state index contributed by atoms with van der Waals surface area (Å²) in [7, 11) is 0. The van der Waals surface area contributed by atoms with E-state index in [4.69, 9.17) is 9.47 Å². The van der Waals surface area contributed by atoms with E-state index in [9.17, 15) is 9.18 Å². The SMILES string of the molecule is CCOC(=O)c1nnc(Oc2cc(F)ccc2C)s1. The fraction of sp³-hybridized carbons (Fsp3) is 0.250. The largest absolute Gasteiger partial charge is 0.461 e. The summed E-state index contributed by atoms with van der Waals surface area (Å²) < 4.78 is 23.3. The van der Waals surface area contributed by atoms with Crippen molar-refractivity contribution in [3.05, 3.63) is 34.6 Å². The van der Waals surface area contributed by atoms with Crippen molar-refractivity contribution in [2.24, 2.45) is 0 Å². The standard InChI is InChI=1S/C12H11FN2O3S/c1-3-17-11(16)10-14-15-12(19-10)18-9-6-8(13)5-4-7(9)2/h4-6H,3H2,1-2H3. The Labute approximate surface area is 113 Å². The molecule has 1 heterocycles. The number of hydrogen-bond donors (Lipinski definition) is 0. The molecule has 0 aliphatic rings.